The topological polar surface area (TPSA) is 215 Å². The van der Waals surface area contributed by atoms with Gasteiger partial charge in [-0.25, -0.2) is 4.79 Å². The molecule has 0 aliphatic rings. The highest BCUT2D eigenvalue weighted by molar-refractivity contribution is 5.85. The van der Waals surface area contributed by atoms with Crippen molar-refractivity contribution in [2.75, 3.05) is 0 Å². The van der Waals surface area contributed by atoms with Crippen LogP contribution in [-0.2, 0) is 0 Å². The Kier molecular flexibility index (Phi) is 10.8. The summed E-state index contributed by atoms with van der Waals surface area (Å²) in [5.41, 5.74) is -2.88. The van der Waals surface area contributed by atoms with Crippen LogP contribution in [-0.4, -0.2) is 35.2 Å². The first-order valence-electron chi connectivity index (χ1n) is 9.24. The van der Waals surface area contributed by atoms with Crippen LogP contribution in [0.15, 0.2) is 111 Å². The molecular weight excluding hydrogens is 468 g/mol. The summed E-state index contributed by atoms with van der Waals surface area (Å²) in [7, 11) is 0. The molecule has 4 heterocycles. The third-order valence-corrected chi connectivity index (χ3v) is 3.51. The van der Waals surface area contributed by atoms with Gasteiger partial charge in [-0.05, 0) is 24.3 Å². The highest BCUT2D eigenvalue weighted by atomic mass is 16.5. The molecule has 0 spiro atoms. The summed E-state index contributed by atoms with van der Waals surface area (Å²) >= 11 is 0. The van der Waals surface area contributed by atoms with Gasteiger partial charge < -0.3 is 40.1 Å². The minimum atomic E-state index is -1.40. The van der Waals surface area contributed by atoms with Crippen molar-refractivity contribution >= 4 is 5.97 Å². The molecule has 4 aromatic rings. The lowest BCUT2D eigenvalue weighted by atomic mass is 10.3. The summed E-state index contributed by atoms with van der Waals surface area (Å²) in [6.07, 6.45) is 3.62. The minimum absolute atomic E-state index is 0. The lowest BCUT2D eigenvalue weighted by molar-refractivity contribution is 0.0686. The molecule has 186 valence electrons. The summed E-state index contributed by atoms with van der Waals surface area (Å²) in [5.74, 6) is -1.40. The first-order valence-corrected chi connectivity index (χ1v) is 9.24. The summed E-state index contributed by atoms with van der Waals surface area (Å²) in [4.78, 5) is 51.6. The van der Waals surface area contributed by atoms with Crippen LogP contribution >= 0.6 is 0 Å². The van der Waals surface area contributed by atoms with Gasteiger partial charge in [0.15, 0.2) is 0 Å². The maximum atomic E-state index is 10.6. The number of aromatic nitrogens is 4. The van der Waals surface area contributed by atoms with E-state index in [-0.39, 0.29) is 15.6 Å². The Bertz CT molecular complexity index is 1350. The molecule has 35 heavy (non-hydrogen) atoms. The zero-order valence-corrected chi connectivity index (χ0v) is 17.6. The third-order valence-electron chi connectivity index (χ3n) is 3.51. The first-order chi connectivity index (χ1) is 16.5. The molecule has 0 unspecified atom stereocenters. The number of rotatable bonds is 1. The number of hydrogen-bond acceptors (Lipinski definition) is 9. The van der Waals surface area contributed by atoms with Gasteiger partial charge in [-0.15, -0.1) is 0 Å². The van der Waals surface area contributed by atoms with Gasteiger partial charge in [0, 0.05) is 44.3 Å². The van der Waals surface area contributed by atoms with Crippen LogP contribution < -0.4 is 22.2 Å². The highest BCUT2D eigenvalue weighted by Gasteiger charge is 2.03. The zero-order chi connectivity index (χ0) is 26.4. The average molecular weight is 487 g/mol. The Labute approximate surface area is 196 Å². The summed E-state index contributed by atoms with van der Waals surface area (Å²) < 4.78 is 0.919. The van der Waals surface area contributed by atoms with E-state index in [9.17, 15) is 39.6 Å². The average Bonchev–Trinajstić information content (AvgIpc) is 2.83. The maximum Gasteiger partial charge on any atom is 0.352 e. The number of aromatic carboxylic acids is 1. The smallest absolute Gasteiger partial charge is 0.352 e. The fraction of sp³-hybridized carbons (Fsp3) is 0. The van der Waals surface area contributed by atoms with Gasteiger partial charge in [-0.1, -0.05) is 24.3 Å². The molecule has 2 N–H and O–H groups in total. The van der Waals surface area contributed by atoms with Crippen molar-refractivity contribution in [2.24, 2.45) is 0 Å². The lowest BCUT2D eigenvalue weighted by Crippen LogP contribution is -2.20. The molecule has 0 fully saturated rings. The summed E-state index contributed by atoms with van der Waals surface area (Å²) in [6.45, 7) is 0. The fourth-order valence-corrected chi connectivity index (χ4v) is 1.88. The van der Waals surface area contributed by atoms with Crippen LogP contribution in [0.5, 0.6) is 0 Å². The van der Waals surface area contributed by atoms with Crippen LogP contribution in [0.4, 0.5) is 0 Å². The molecule has 0 aliphatic heterocycles. The van der Waals surface area contributed by atoms with Crippen molar-refractivity contribution in [1.82, 2.24) is 18.9 Å². The van der Waals surface area contributed by atoms with E-state index >= 15 is 0 Å². The Morgan fingerprint density at radius 2 is 1.06 bits per heavy atom. The second-order valence-electron chi connectivity index (χ2n) is 5.96. The quantitative estimate of drug-likeness (QED) is 0.357. The number of pyridine rings is 4. The van der Waals surface area contributed by atoms with Crippen LogP contribution in [0.2, 0.25) is 0 Å². The molecule has 4 aromatic heterocycles. The number of carboxylic acids is 1. The van der Waals surface area contributed by atoms with E-state index in [4.69, 9.17) is 10.3 Å². The van der Waals surface area contributed by atoms with Gasteiger partial charge in [0.25, 0.3) is 5.56 Å². The van der Waals surface area contributed by atoms with E-state index in [1.807, 2.05) is 0 Å². The molecule has 4 rings (SSSR count). The Morgan fingerprint density at radius 3 is 1.34 bits per heavy atom. The van der Waals surface area contributed by atoms with E-state index in [1.54, 1.807) is 12.1 Å². The third kappa shape index (κ3) is 9.65. The van der Waals surface area contributed by atoms with Gasteiger partial charge in [0.05, 0.1) is 0 Å². The van der Waals surface area contributed by atoms with Crippen LogP contribution in [0.25, 0.3) is 0 Å². The monoisotopic (exact) mass is 487 g/mol. The molecule has 0 amide bonds. The largest absolute Gasteiger partial charge is 0.803 e. The SMILES string of the molecule is O=C(O)c1cccc(=O)n1[O-].O=c1ccccn1O.O=c1ccccn1[O-].O=c1ccccn1[O-].[HH]. The molecule has 0 saturated heterocycles. The van der Waals surface area contributed by atoms with Gasteiger partial charge in [0.1, 0.15) is 5.69 Å². The fourth-order valence-electron chi connectivity index (χ4n) is 1.88. The molecule has 14 heteroatoms. The predicted octanol–water partition coefficient (Wildman–Crippen LogP) is 0.612. The minimum Gasteiger partial charge on any atom is -0.803 e. The predicted molar refractivity (Wildman–Crippen MR) is 125 cm³/mol. The maximum absolute atomic E-state index is 10.6. The van der Waals surface area contributed by atoms with Crippen molar-refractivity contribution in [3.8, 4) is 0 Å². The molecule has 0 atom stereocenters. The van der Waals surface area contributed by atoms with E-state index in [0.29, 0.717) is 4.73 Å². The molecule has 0 bridgehead atoms. The molecule has 0 aromatic carbocycles. The Hall–Kier alpha value is -5.53. The standard InChI is InChI=1S/C6H4NO4.C5H5NO2.2C5H4NO2.H2/c8-5-3-1-2-4(6(9)10)7(5)11;3*7-5-3-1-2-4-6(5)8;/h1-3H,(H,9,10);1-4,8H;2*1-4H;1H/q-1;;2*-1;. The molecule has 0 radical (unpaired) electrons. The van der Waals surface area contributed by atoms with Crippen molar-refractivity contribution in [2.45, 2.75) is 0 Å². The molecular formula is C21H19N4O10-3. The van der Waals surface area contributed by atoms with E-state index < -0.39 is 33.9 Å². The Balaban J connectivity index is 0.000000454. The van der Waals surface area contributed by atoms with Crippen molar-refractivity contribution in [3.63, 3.8) is 0 Å². The number of nitrogens with zero attached hydrogens (tertiary/aromatic N) is 4. The second kappa shape index (κ2) is 13.8. The van der Waals surface area contributed by atoms with Crippen molar-refractivity contribution in [1.29, 1.82) is 0 Å². The first kappa shape index (κ1) is 27.5. The van der Waals surface area contributed by atoms with E-state index in [0.717, 1.165) is 12.1 Å². The molecule has 14 nitrogen and oxygen atoms in total. The normalized spacial score (nSPS) is 9.14. The lowest BCUT2D eigenvalue weighted by Gasteiger charge is -2.10. The van der Waals surface area contributed by atoms with Gasteiger partial charge >= 0.3 is 5.97 Å². The Morgan fingerprint density at radius 1 is 0.629 bits per heavy atom. The molecule has 0 aliphatic carbocycles. The molecule has 0 saturated carbocycles. The van der Waals surface area contributed by atoms with Gasteiger partial charge in [0.2, 0.25) is 16.7 Å². The van der Waals surface area contributed by atoms with Crippen molar-refractivity contribution < 1.29 is 16.5 Å². The zero-order valence-electron chi connectivity index (χ0n) is 17.6. The van der Waals surface area contributed by atoms with Gasteiger partial charge in [-0.2, -0.15) is 4.73 Å². The van der Waals surface area contributed by atoms with E-state index in [2.05, 4.69) is 0 Å². The van der Waals surface area contributed by atoms with E-state index in [1.165, 1.54) is 67.1 Å². The summed E-state index contributed by atoms with van der Waals surface area (Å²) in [6, 6.07) is 16.2. The van der Waals surface area contributed by atoms with Crippen LogP contribution in [0.3, 0.4) is 0 Å². The van der Waals surface area contributed by atoms with Gasteiger partial charge in [-0.3, -0.25) is 19.2 Å². The van der Waals surface area contributed by atoms with Crippen LogP contribution in [0.1, 0.15) is 11.9 Å². The second-order valence-corrected chi connectivity index (χ2v) is 5.96. The number of carbonyl (C=O) groups is 1. The van der Waals surface area contributed by atoms with Crippen molar-refractivity contribution in [3.05, 3.63) is 154 Å². The highest BCUT2D eigenvalue weighted by Crippen LogP contribution is 1.92. The summed E-state index contributed by atoms with van der Waals surface area (Å²) in [5, 5.41) is 47.9. The van der Waals surface area contributed by atoms with Crippen LogP contribution in [0, 0.1) is 15.6 Å². The number of carboxylic acid groups (broad SMARTS) is 1. The number of hydrogen-bond donors (Lipinski definition) is 2.